The molecule has 0 aliphatic carbocycles. The minimum atomic E-state index is -0.393. The molecule has 0 saturated carbocycles. The number of aliphatic hydroxyl groups is 1. The Hall–Kier alpha value is -0.580. The number of rotatable bonds is 6. The fourth-order valence-electron chi connectivity index (χ4n) is 1.22. The zero-order valence-corrected chi connectivity index (χ0v) is 12.1. The summed E-state index contributed by atoms with van der Waals surface area (Å²) in [6, 6.07) is 7.73. The minimum Gasteiger partial charge on any atom is -0.492 e. The van der Waals surface area contributed by atoms with E-state index in [-0.39, 0.29) is 5.54 Å². The summed E-state index contributed by atoms with van der Waals surface area (Å²) in [5, 5.41) is 12.8. The van der Waals surface area contributed by atoms with Gasteiger partial charge in [-0.25, -0.2) is 0 Å². The van der Waals surface area contributed by atoms with E-state index in [1.54, 1.807) is 6.92 Å². The highest BCUT2D eigenvalue weighted by Gasteiger charge is 2.22. The van der Waals surface area contributed by atoms with Crippen molar-refractivity contribution in [1.29, 1.82) is 0 Å². The molecule has 1 aromatic carbocycles. The summed E-state index contributed by atoms with van der Waals surface area (Å²) in [6.45, 7) is 7.00. The molecule has 1 unspecified atom stereocenters. The Kier molecular flexibility index (Phi) is 5.43. The molecule has 2 N–H and O–H groups in total. The largest absolute Gasteiger partial charge is 0.492 e. The summed E-state index contributed by atoms with van der Waals surface area (Å²) >= 11 is 3.37. The van der Waals surface area contributed by atoms with Crippen molar-refractivity contribution in [3.8, 4) is 5.75 Å². The van der Waals surface area contributed by atoms with Crippen LogP contribution in [-0.4, -0.2) is 29.9 Å². The summed E-state index contributed by atoms with van der Waals surface area (Å²) in [5.41, 5.74) is -0.289. The van der Waals surface area contributed by atoms with E-state index in [1.807, 2.05) is 38.1 Å². The lowest BCUT2D eigenvalue weighted by atomic mass is 9.99. The number of aliphatic hydroxyl groups excluding tert-OH is 1. The van der Waals surface area contributed by atoms with Crippen molar-refractivity contribution in [1.82, 2.24) is 5.32 Å². The van der Waals surface area contributed by atoms with Crippen LogP contribution in [0, 0.1) is 0 Å². The standard InChI is InChI=1S/C13H20BrNO2/c1-10(16)13(2,3)15-8-9-17-12-6-4-11(14)5-7-12/h4-7,10,15-16H,8-9H2,1-3H3. The van der Waals surface area contributed by atoms with E-state index in [0.29, 0.717) is 13.2 Å². The summed E-state index contributed by atoms with van der Waals surface area (Å²) in [4.78, 5) is 0. The first-order valence-corrected chi connectivity index (χ1v) is 6.52. The van der Waals surface area contributed by atoms with Crippen molar-refractivity contribution in [2.75, 3.05) is 13.2 Å². The fraction of sp³-hybridized carbons (Fsp3) is 0.538. The molecule has 1 aromatic rings. The van der Waals surface area contributed by atoms with E-state index in [2.05, 4.69) is 21.2 Å². The first-order valence-electron chi connectivity index (χ1n) is 5.73. The molecule has 0 aliphatic rings. The molecule has 0 amide bonds. The van der Waals surface area contributed by atoms with Crippen molar-refractivity contribution < 1.29 is 9.84 Å². The maximum absolute atomic E-state index is 9.52. The number of halogens is 1. The van der Waals surface area contributed by atoms with Gasteiger partial charge in [0.05, 0.1) is 6.10 Å². The molecule has 0 heterocycles. The lowest BCUT2D eigenvalue weighted by Gasteiger charge is -2.29. The highest BCUT2D eigenvalue weighted by atomic mass is 79.9. The van der Waals surface area contributed by atoms with Crippen LogP contribution >= 0.6 is 15.9 Å². The van der Waals surface area contributed by atoms with Crippen LogP contribution in [0.25, 0.3) is 0 Å². The summed E-state index contributed by atoms with van der Waals surface area (Å²) in [6.07, 6.45) is -0.393. The highest BCUT2D eigenvalue weighted by Crippen LogP contribution is 2.16. The van der Waals surface area contributed by atoms with Gasteiger partial charge >= 0.3 is 0 Å². The molecule has 0 bridgehead atoms. The Bertz CT molecular complexity index is 336. The average Bonchev–Trinajstić information content (AvgIpc) is 2.26. The Balaban J connectivity index is 2.27. The Labute approximate surface area is 111 Å². The smallest absolute Gasteiger partial charge is 0.119 e. The van der Waals surface area contributed by atoms with Gasteiger partial charge in [-0.05, 0) is 45.0 Å². The second-order valence-electron chi connectivity index (χ2n) is 4.63. The van der Waals surface area contributed by atoms with Gasteiger partial charge in [0.2, 0.25) is 0 Å². The van der Waals surface area contributed by atoms with E-state index in [4.69, 9.17) is 4.74 Å². The van der Waals surface area contributed by atoms with Gasteiger partial charge in [-0.15, -0.1) is 0 Å². The third kappa shape index (κ3) is 5.06. The monoisotopic (exact) mass is 301 g/mol. The maximum atomic E-state index is 9.52. The number of nitrogens with one attached hydrogen (secondary N) is 1. The molecule has 17 heavy (non-hydrogen) atoms. The van der Waals surface area contributed by atoms with Crippen LogP contribution in [0.4, 0.5) is 0 Å². The second kappa shape index (κ2) is 6.38. The first-order chi connectivity index (χ1) is 7.92. The molecule has 0 aliphatic heterocycles. The highest BCUT2D eigenvalue weighted by molar-refractivity contribution is 9.10. The van der Waals surface area contributed by atoms with Crippen LogP contribution in [0.5, 0.6) is 5.75 Å². The van der Waals surface area contributed by atoms with Crippen molar-refractivity contribution in [3.63, 3.8) is 0 Å². The molecule has 1 rings (SSSR count). The minimum absolute atomic E-state index is 0.289. The van der Waals surface area contributed by atoms with Gasteiger partial charge in [-0.3, -0.25) is 0 Å². The molecule has 96 valence electrons. The van der Waals surface area contributed by atoms with Gasteiger partial charge in [-0.1, -0.05) is 15.9 Å². The average molecular weight is 302 g/mol. The maximum Gasteiger partial charge on any atom is 0.119 e. The first kappa shape index (κ1) is 14.5. The van der Waals surface area contributed by atoms with Crippen molar-refractivity contribution >= 4 is 15.9 Å². The molecule has 3 nitrogen and oxygen atoms in total. The van der Waals surface area contributed by atoms with Crippen LogP contribution in [0.2, 0.25) is 0 Å². The van der Waals surface area contributed by atoms with Crippen molar-refractivity contribution in [2.45, 2.75) is 32.4 Å². The third-order valence-corrected chi connectivity index (χ3v) is 3.34. The van der Waals surface area contributed by atoms with Gasteiger partial charge in [0.25, 0.3) is 0 Å². The van der Waals surface area contributed by atoms with Crippen LogP contribution in [-0.2, 0) is 0 Å². The third-order valence-electron chi connectivity index (χ3n) is 2.81. The van der Waals surface area contributed by atoms with E-state index in [1.165, 1.54) is 0 Å². The van der Waals surface area contributed by atoms with Gasteiger partial charge < -0.3 is 15.2 Å². The van der Waals surface area contributed by atoms with E-state index >= 15 is 0 Å². The summed E-state index contributed by atoms with van der Waals surface area (Å²) in [5.74, 6) is 0.852. The fourth-order valence-corrected chi connectivity index (χ4v) is 1.48. The molecule has 1 atom stereocenters. The lowest BCUT2D eigenvalue weighted by molar-refractivity contribution is 0.0937. The van der Waals surface area contributed by atoms with Crippen LogP contribution in [0.15, 0.2) is 28.7 Å². The Morgan fingerprint density at radius 1 is 1.35 bits per heavy atom. The molecular weight excluding hydrogens is 282 g/mol. The Morgan fingerprint density at radius 3 is 2.47 bits per heavy atom. The van der Waals surface area contributed by atoms with Crippen molar-refractivity contribution in [3.05, 3.63) is 28.7 Å². The SMILES string of the molecule is CC(O)C(C)(C)NCCOc1ccc(Br)cc1. The number of benzene rings is 1. The molecule has 0 radical (unpaired) electrons. The van der Waals surface area contributed by atoms with Crippen molar-refractivity contribution in [2.24, 2.45) is 0 Å². The van der Waals surface area contributed by atoms with E-state index < -0.39 is 6.10 Å². The van der Waals surface area contributed by atoms with Gasteiger partial charge in [-0.2, -0.15) is 0 Å². The molecular formula is C13H20BrNO2. The quantitative estimate of drug-likeness (QED) is 0.794. The van der Waals surface area contributed by atoms with Gasteiger partial charge in [0.1, 0.15) is 12.4 Å². The lowest BCUT2D eigenvalue weighted by Crippen LogP contribution is -2.49. The second-order valence-corrected chi connectivity index (χ2v) is 5.54. The topological polar surface area (TPSA) is 41.5 Å². The molecule has 0 saturated heterocycles. The number of hydrogen-bond acceptors (Lipinski definition) is 3. The predicted molar refractivity (Wildman–Crippen MR) is 73.4 cm³/mol. The molecule has 4 heteroatoms. The zero-order valence-electron chi connectivity index (χ0n) is 10.5. The van der Waals surface area contributed by atoms with E-state index in [0.717, 1.165) is 10.2 Å². The molecule has 0 aromatic heterocycles. The normalized spacial score (nSPS) is 13.5. The van der Waals surface area contributed by atoms with Crippen LogP contribution < -0.4 is 10.1 Å². The predicted octanol–water partition coefficient (Wildman–Crippen LogP) is 2.58. The number of hydrogen-bond donors (Lipinski definition) is 2. The summed E-state index contributed by atoms with van der Waals surface area (Å²) in [7, 11) is 0. The van der Waals surface area contributed by atoms with Crippen LogP contribution in [0.1, 0.15) is 20.8 Å². The van der Waals surface area contributed by atoms with Gasteiger partial charge in [0, 0.05) is 16.6 Å². The summed E-state index contributed by atoms with van der Waals surface area (Å²) < 4.78 is 6.61. The van der Waals surface area contributed by atoms with Gasteiger partial charge in [0.15, 0.2) is 0 Å². The zero-order chi connectivity index (χ0) is 12.9. The number of ether oxygens (including phenoxy) is 1. The molecule has 0 spiro atoms. The molecule has 0 fully saturated rings. The Morgan fingerprint density at radius 2 is 1.94 bits per heavy atom. The van der Waals surface area contributed by atoms with E-state index in [9.17, 15) is 5.11 Å². The van der Waals surface area contributed by atoms with Crippen LogP contribution in [0.3, 0.4) is 0 Å².